The molecule has 1 N–H and O–H groups in total. The van der Waals surface area contributed by atoms with Crippen LogP contribution in [0.4, 0.5) is 0 Å². The Kier molecular flexibility index (Phi) is 4.18. The van der Waals surface area contributed by atoms with Gasteiger partial charge >= 0.3 is 5.97 Å². The zero-order chi connectivity index (χ0) is 13.7. The first-order chi connectivity index (χ1) is 9.16. The predicted molar refractivity (Wildman–Crippen MR) is 73.8 cm³/mol. The number of aryl methyl sites for hydroxylation is 1. The number of carboxylic acids is 1. The largest absolute Gasteiger partial charge is 0.493 e. The number of ether oxygens (including phenoxy) is 1. The van der Waals surface area contributed by atoms with Gasteiger partial charge in [-0.2, -0.15) is 0 Å². The van der Waals surface area contributed by atoms with Crippen molar-refractivity contribution in [3.63, 3.8) is 0 Å². The van der Waals surface area contributed by atoms with Crippen molar-refractivity contribution >= 4 is 5.97 Å². The fraction of sp³-hybridized carbons (Fsp3) is 0.188. The summed E-state index contributed by atoms with van der Waals surface area (Å²) in [5.74, 6) is -0.0361. The van der Waals surface area contributed by atoms with E-state index in [1.54, 1.807) is 6.07 Å². The minimum absolute atomic E-state index is 0.354. The number of aromatic carboxylic acids is 1. The van der Waals surface area contributed by atoms with Gasteiger partial charge in [-0.1, -0.05) is 30.3 Å². The first-order valence-electron chi connectivity index (χ1n) is 6.17. The molecule has 2 rings (SSSR count). The van der Waals surface area contributed by atoms with Gasteiger partial charge in [0.25, 0.3) is 0 Å². The smallest absolute Gasteiger partial charge is 0.335 e. The molecule has 3 nitrogen and oxygen atoms in total. The zero-order valence-corrected chi connectivity index (χ0v) is 10.8. The molecule has 0 unspecified atom stereocenters. The number of hydrogen-bond acceptors (Lipinski definition) is 2. The van der Waals surface area contributed by atoms with Gasteiger partial charge in [-0.25, -0.2) is 4.79 Å². The summed E-state index contributed by atoms with van der Waals surface area (Å²) in [6.45, 7) is 2.39. The van der Waals surface area contributed by atoms with Crippen LogP contribution in [0.25, 0.3) is 0 Å². The summed E-state index contributed by atoms with van der Waals surface area (Å²) in [5, 5.41) is 8.96. The van der Waals surface area contributed by atoms with Crippen molar-refractivity contribution in [1.82, 2.24) is 0 Å². The average Bonchev–Trinajstić information content (AvgIpc) is 2.39. The molecule has 0 aliphatic heterocycles. The summed E-state index contributed by atoms with van der Waals surface area (Å²) >= 11 is 0. The van der Waals surface area contributed by atoms with Crippen molar-refractivity contribution in [2.45, 2.75) is 13.3 Å². The molecule has 19 heavy (non-hydrogen) atoms. The topological polar surface area (TPSA) is 46.5 Å². The molecule has 2 aromatic rings. The highest BCUT2D eigenvalue weighted by molar-refractivity contribution is 5.89. The first kappa shape index (κ1) is 13.1. The van der Waals surface area contributed by atoms with Crippen molar-refractivity contribution in [1.29, 1.82) is 0 Å². The van der Waals surface area contributed by atoms with Crippen molar-refractivity contribution in [2.75, 3.05) is 6.61 Å². The number of para-hydroxylation sites is 1. The Morgan fingerprint density at radius 2 is 1.89 bits per heavy atom. The Bertz CT molecular complexity index is 561. The first-order valence-corrected chi connectivity index (χ1v) is 6.17. The molecular formula is C16H16O3. The van der Waals surface area contributed by atoms with Gasteiger partial charge in [-0.15, -0.1) is 0 Å². The van der Waals surface area contributed by atoms with Gasteiger partial charge in [-0.05, 0) is 36.2 Å². The van der Waals surface area contributed by atoms with Gasteiger partial charge in [0.1, 0.15) is 5.75 Å². The molecule has 0 fully saturated rings. The van der Waals surface area contributed by atoms with E-state index in [2.05, 4.69) is 0 Å². The minimum Gasteiger partial charge on any atom is -0.493 e. The highest BCUT2D eigenvalue weighted by Crippen LogP contribution is 2.13. The highest BCUT2D eigenvalue weighted by Gasteiger charge is 2.06. The summed E-state index contributed by atoms with van der Waals surface area (Å²) in [5.41, 5.74) is 2.22. The number of rotatable bonds is 5. The van der Waals surface area contributed by atoms with E-state index in [-0.39, 0.29) is 0 Å². The Hall–Kier alpha value is -2.29. The Labute approximate surface area is 112 Å². The standard InChI is InChI=1S/C16H16O3/c1-12-11-13(7-8-15(12)16(17)18)9-10-19-14-5-3-2-4-6-14/h2-8,11H,9-10H2,1H3,(H,17,18). The van der Waals surface area contributed by atoms with E-state index < -0.39 is 5.97 Å². The zero-order valence-electron chi connectivity index (χ0n) is 10.8. The van der Waals surface area contributed by atoms with Gasteiger partial charge in [-0.3, -0.25) is 0 Å². The number of carbonyl (C=O) groups is 1. The molecule has 3 heteroatoms. The maximum absolute atomic E-state index is 10.9. The van der Waals surface area contributed by atoms with Crippen LogP contribution >= 0.6 is 0 Å². The maximum atomic E-state index is 10.9. The molecule has 98 valence electrons. The summed E-state index contributed by atoms with van der Waals surface area (Å²) < 4.78 is 5.61. The lowest BCUT2D eigenvalue weighted by molar-refractivity contribution is 0.0696. The molecule has 0 radical (unpaired) electrons. The van der Waals surface area contributed by atoms with Crippen LogP contribution in [-0.2, 0) is 6.42 Å². The normalized spacial score (nSPS) is 10.2. The van der Waals surface area contributed by atoms with Crippen molar-refractivity contribution in [3.8, 4) is 5.75 Å². The second-order valence-corrected chi connectivity index (χ2v) is 4.37. The van der Waals surface area contributed by atoms with Crippen LogP contribution in [0.3, 0.4) is 0 Å². The quantitative estimate of drug-likeness (QED) is 0.892. The number of carboxylic acid groups (broad SMARTS) is 1. The molecule has 0 amide bonds. The monoisotopic (exact) mass is 256 g/mol. The molecule has 0 aromatic heterocycles. The van der Waals surface area contributed by atoms with E-state index in [0.717, 1.165) is 23.3 Å². The highest BCUT2D eigenvalue weighted by atomic mass is 16.5. The van der Waals surface area contributed by atoms with Gasteiger partial charge in [0, 0.05) is 6.42 Å². The summed E-state index contributed by atoms with van der Waals surface area (Å²) in [7, 11) is 0. The van der Waals surface area contributed by atoms with Crippen LogP contribution < -0.4 is 4.74 Å². The lowest BCUT2D eigenvalue weighted by atomic mass is 10.0. The maximum Gasteiger partial charge on any atom is 0.335 e. The molecule has 0 bridgehead atoms. The van der Waals surface area contributed by atoms with Crippen LogP contribution in [0.5, 0.6) is 5.75 Å². The van der Waals surface area contributed by atoms with E-state index in [1.807, 2.05) is 49.4 Å². The molecule has 0 atom stereocenters. The van der Waals surface area contributed by atoms with Crippen LogP contribution in [0.15, 0.2) is 48.5 Å². The fourth-order valence-electron chi connectivity index (χ4n) is 1.92. The van der Waals surface area contributed by atoms with E-state index in [0.29, 0.717) is 12.2 Å². The van der Waals surface area contributed by atoms with E-state index in [1.165, 1.54) is 0 Å². The third kappa shape index (κ3) is 3.58. The van der Waals surface area contributed by atoms with E-state index in [9.17, 15) is 4.79 Å². The second kappa shape index (κ2) is 6.05. The molecule has 0 saturated carbocycles. The number of benzene rings is 2. The summed E-state index contributed by atoms with van der Waals surface area (Å²) in [4.78, 5) is 10.9. The molecular weight excluding hydrogens is 240 g/mol. The van der Waals surface area contributed by atoms with Crippen LogP contribution in [0, 0.1) is 6.92 Å². The molecule has 0 aliphatic carbocycles. The van der Waals surface area contributed by atoms with Crippen LogP contribution in [0.2, 0.25) is 0 Å². The number of hydrogen-bond donors (Lipinski definition) is 1. The summed E-state index contributed by atoms with van der Waals surface area (Å²) in [6.07, 6.45) is 0.760. The van der Waals surface area contributed by atoms with Gasteiger partial charge < -0.3 is 9.84 Å². The van der Waals surface area contributed by atoms with Gasteiger partial charge in [0.05, 0.1) is 12.2 Å². The van der Waals surface area contributed by atoms with Crippen molar-refractivity contribution in [2.24, 2.45) is 0 Å². The molecule has 0 aliphatic rings. The van der Waals surface area contributed by atoms with Crippen LogP contribution in [0.1, 0.15) is 21.5 Å². The Balaban J connectivity index is 1.93. The fourth-order valence-corrected chi connectivity index (χ4v) is 1.92. The van der Waals surface area contributed by atoms with E-state index >= 15 is 0 Å². The van der Waals surface area contributed by atoms with Crippen molar-refractivity contribution < 1.29 is 14.6 Å². The molecule has 2 aromatic carbocycles. The van der Waals surface area contributed by atoms with Gasteiger partial charge in [0.15, 0.2) is 0 Å². The van der Waals surface area contributed by atoms with E-state index in [4.69, 9.17) is 9.84 Å². The lowest BCUT2D eigenvalue weighted by Crippen LogP contribution is -2.04. The Morgan fingerprint density at radius 3 is 2.53 bits per heavy atom. The Morgan fingerprint density at radius 1 is 1.16 bits per heavy atom. The molecule has 0 spiro atoms. The third-order valence-corrected chi connectivity index (χ3v) is 2.92. The predicted octanol–water partition coefficient (Wildman–Crippen LogP) is 3.31. The minimum atomic E-state index is -0.885. The van der Waals surface area contributed by atoms with Gasteiger partial charge in [0.2, 0.25) is 0 Å². The molecule has 0 saturated heterocycles. The summed E-state index contributed by atoms with van der Waals surface area (Å²) in [6, 6.07) is 15.0. The average molecular weight is 256 g/mol. The SMILES string of the molecule is Cc1cc(CCOc2ccccc2)ccc1C(=O)O. The van der Waals surface area contributed by atoms with Crippen molar-refractivity contribution in [3.05, 3.63) is 65.2 Å². The third-order valence-electron chi connectivity index (χ3n) is 2.92. The molecule has 0 heterocycles. The van der Waals surface area contributed by atoms with Crippen LogP contribution in [-0.4, -0.2) is 17.7 Å². The second-order valence-electron chi connectivity index (χ2n) is 4.37. The lowest BCUT2D eigenvalue weighted by Gasteiger charge is -2.07.